The molecule has 0 bridgehead atoms. The number of anilines is 1. The summed E-state index contributed by atoms with van der Waals surface area (Å²) in [5, 5.41) is 2.95. The van der Waals surface area contributed by atoms with E-state index in [0.717, 1.165) is 37.1 Å². The summed E-state index contributed by atoms with van der Waals surface area (Å²) in [6.07, 6.45) is 4.14. The minimum atomic E-state index is -0.660. The summed E-state index contributed by atoms with van der Waals surface area (Å²) < 4.78 is 17.3. The molecule has 1 saturated carbocycles. The summed E-state index contributed by atoms with van der Waals surface area (Å²) >= 11 is 0. The zero-order valence-electron chi connectivity index (χ0n) is 13.9. The predicted octanol–water partition coefficient (Wildman–Crippen LogP) is 3.35. The average Bonchev–Trinajstić information content (AvgIpc) is 3.01. The van der Waals surface area contributed by atoms with Crippen LogP contribution in [0, 0.1) is 5.41 Å². The number of carbonyl (C=O) groups excluding carboxylic acids is 1. The Hall–Kier alpha value is -1.59. The Labute approximate surface area is 137 Å². The highest BCUT2D eigenvalue weighted by atomic mass is 16.7. The molecule has 1 amide bonds. The number of ether oxygens (including phenoxy) is 3. The van der Waals surface area contributed by atoms with E-state index in [2.05, 4.69) is 5.32 Å². The van der Waals surface area contributed by atoms with E-state index in [1.807, 2.05) is 38.1 Å². The summed E-state index contributed by atoms with van der Waals surface area (Å²) in [7, 11) is 0. The van der Waals surface area contributed by atoms with Gasteiger partial charge in [0.15, 0.2) is 5.79 Å². The summed E-state index contributed by atoms with van der Waals surface area (Å²) in [6.45, 7) is 5.25. The van der Waals surface area contributed by atoms with Gasteiger partial charge in [-0.05, 0) is 51.0 Å². The van der Waals surface area contributed by atoms with E-state index in [0.29, 0.717) is 19.8 Å². The SMILES string of the molecule is CCOc1ccc(NC(=O)C2(C)COC3(CCCC3)OC2)cc1. The number of nitrogens with one attached hydrogen (secondary N) is 1. The molecule has 126 valence electrons. The van der Waals surface area contributed by atoms with Gasteiger partial charge in [0.2, 0.25) is 5.91 Å². The fourth-order valence-corrected chi connectivity index (χ4v) is 3.08. The Morgan fingerprint density at radius 1 is 1.17 bits per heavy atom. The van der Waals surface area contributed by atoms with E-state index in [9.17, 15) is 4.79 Å². The maximum absolute atomic E-state index is 12.6. The lowest BCUT2D eigenvalue weighted by Gasteiger charge is -2.42. The number of hydrogen-bond donors (Lipinski definition) is 1. The van der Waals surface area contributed by atoms with E-state index in [1.54, 1.807) is 0 Å². The molecule has 1 aliphatic carbocycles. The third-order valence-electron chi connectivity index (χ3n) is 4.64. The summed E-state index contributed by atoms with van der Waals surface area (Å²) in [4.78, 5) is 12.6. The van der Waals surface area contributed by atoms with Gasteiger partial charge in [-0.2, -0.15) is 0 Å². The van der Waals surface area contributed by atoms with Crippen LogP contribution < -0.4 is 10.1 Å². The Morgan fingerprint density at radius 2 is 1.78 bits per heavy atom. The van der Waals surface area contributed by atoms with Crippen LogP contribution in [0.2, 0.25) is 0 Å². The molecule has 2 aliphatic rings. The van der Waals surface area contributed by atoms with Crippen LogP contribution in [-0.4, -0.2) is 31.5 Å². The van der Waals surface area contributed by atoms with Gasteiger partial charge in [0.25, 0.3) is 0 Å². The highest BCUT2D eigenvalue weighted by molar-refractivity contribution is 5.95. The van der Waals surface area contributed by atoms with Crippen LogP contribution in [0.15, 0.2) is 24.3 Å². The van der Waals surface area contributed by atoms with Gasteiger partial charge in [0, 0.05) is 18.5 Å². The van der Waals surface area contributed by atoms with Crippen molar-refractivity contribution in [2.45, 2.75) is 45.3 Å². The predicted molar refractivity (Wildman–Crippen MR) is 87.5 cm³/mol. The van der Waals surface area contributed by atoms with Gasteiger partial charge in [0.05, 0.1) is 25.2 Å². The van der Waals surface area contributed by atoms with Gasteiger partial charge in [-0.25, -0.2) is 0 Å². The second-order valence-corrected chi connectivity index (χ2v) is 6.67. The Kier molecular flexibility index (Phi) is 4.60. The molecule has 1 saturated heterocycles. The molecule has 3 rings (SSSR count). The molecule has 23 heavy (non-hydrogen) atoms. The first-order valence-electron chi connectivity index (χ1n) is 8.38. The Balaban J connectivity index is 1.59. The van der Waals surface area contributed by atoms with Crippen molar-refractivity contribution in [1.29, 1.82) is 0 Å². The van der Waals surface area contributed by atoms with Crippen LogP contribution in [0.3, 0.4) is 0 Å². The van der Waals surface area contributed by atoms with E-state index in [-0.39, 0.29) is 5.91 Å². The summed E-state index contributed by atoms with van der Waals surface area (Å²) in [5.74, 6) is 0.289. The smallest absolute Gasteiger partial charge is 0.234 e. The van der Waals surface area contributed by atoms with Crippen molar-refractivity contribution >= 4 is 11.6 Å². The first-order chi connectivity index (χ1) is 11.1. The number of carbonyl (C=O) groups is 1. The van der Waals surface area contributed by atoms with E-state index in [4.69, 9.17) is 14.2 Å². The van der Waals surface area contributed by atoms with Crippen molar-refractivity contribution in [3.05, 3.63) is 24.3 Å². The Morgan fingerprint density at radius 3 is 2.35 bits per heavy atom. The lowest BCUT2D eigenvalue weighted by atomic mass is 9.90. The normalized spacial score (nSPS) is 22.0. The number of rotatable bonds is 4. The van der Waals surface area contributed by atoms with Crippen LogP contribution in [0.1, 0.15) is 39.5 Å². The number of hydrogen-bond acceptors (Lipinski definition) is 4. The van der Waals surface area contributed by atoms with Crippen molar-refractivity contribution in [2.75, 3.05) is 25.1 Å². The van der Waals surface area contributed by atoms with Crippen molar-refractivity contribution in [1.82, 2.24) is 0 Å². The topological polar surface area (TPSA) is 56.8 Å². The molecule has 5 nitrogen and oxygen atoms in total. The second-order valence-electron chi connectivity index (χ2n) is 6.67. The molecule has 1 aliphatic heterocycles. The lowest BCUT2D eigenvalue weighted by Crippen LogP contribution is -2.52. The van der Waals surface area contributed by atoms with Gasteiger partial charge >= 0.3 is 0 Å². The zero-order chi connectivity index (χ0) is 16.3. The molecule has 0 aromatic heterocycles. The molecule has 1 spiro atoms. The number of benzene rings is 1. The van der Waals surface area contributed by atoms with Crippen molar-refractivity contribution in [3.8, 4) is 5.75 Å². The quantitative estimate of drug-likeness (QED) is 0.924. The van der Waals surface area contributed by atoms with Crippen molar-refractivity contribution < 1.29 is 19.0 Å². The molecule has 0 atom stereocenters. The van der Waals surface area contributed by atoms with Crippen molar-refractivity contribution in [2.24, 2.45) is 5.41 Å². The highest BCUT2D eigenvalue weighted by Gasteiger charge is 2.47. The number of amides is 1. The fourth-order valence-electron chi connectivity index (χ4n) is 3.08. The first-order valence-corrected chi connectivity index (χ1v) is 8.38. The minimum Gasteiger partial charge on any atom is -0.494 e. The molecule has 1 aromatic rings. The largest absolute Gasteiger partial charge is 0.494 e. The molecule has 1 N–H and O–H groups in total. The molecule has 0 radical (unpaired) electrons. The van der Waals surface area contributed by atoms with Gasteiger partial charge in [-0.1, -0.05) is 0 Å². The fraction of sp³-hybridized carbons (Fsp3) is 0.611. The van der Waals surface area contributed by atoms with E-state index >= 15 is 0 Å². The maximum atomic E-state index is 12.6. The van der Waals surface area contributed by atoms with E-state index < -0.39 is 11.2 Å². The molecular formula is C18H25NO4. The third kappa shape index (κ3) is 3.51. The highest BCUT2D eigenvalue weighted by Crippen LogP contribution is 2.40. The molecule has 1 heterocycles. The molecular weight excluding hydrogens is 294 g/mol. The average molecular weight is 319 g/mol. The van der Waals surface area contributed by atoms with Crippen LogP contribution in [0.5, 0.6) is 5.75 Å². The Bertz CT molecular complexity index is 539. The third-order valence-corrected chi connectivity index (χ3v) is 4.64. The standard InChI is InChI=1S/C18H25NO4/c1-3-21-15-8-6-14(7-9-15)19-16(20)17(2)12-22-18(23-13-17)10-4-5-11-18/h6-9H,3-5,10-13H2,1-2H3,(H,19,20). The van der Waals surface area contributed by atoms with Gasteiger partial charge < -0.3 is 19.5 Å². The molecule has 2 fully saturated rings. The monoisotopic (exact) mass is 319 g/mol. The zero-order valence-corrected chi connectivity index (χ0v) is 13.9. The van der Waals surface area contributed by atoms with Gasteiger partial charge in [-0.15, -0.1) is 0 Å². The molecule has 1 aromatic carbocycles. The summed E-state index contributed by atoms with van der Waals surface area (Å²) in [5.41, 5.74) is 0.0905. The van der Waals surface area contributed by atoms with Gasteiger partial charge in [-0.3, -0.25) is 4.79 Å². The summed E-state index contributed by atoms with van der Waals surface area (Å²) in [6, 6.07) is 7.39. The molecule has 5 heteroatoms. The minimum absolute atomic E-state index is 0.0745. The lowest BCUT2D eigenvalue weighted by molar-refractivity contribution is -0.291. The molecule has 0 unspecified atom stereocenters. The second kappa shape index (κ2) is 6.49. The van der Waals surface area contributed by atoms with Crippen LogP contribution in [-0.2, 0) is 14.3 Å². The van der Waals surface area contributed by atoms with Crippen LogP contribution >= 0.6 is 0 Å². The van der Waals surface area contributed by atoms with Crippen LogP contribution in [0.25, 0.3) is 0 Å². The van der Waals surface area contributed by atoms with Crippen LogP contribution in [0.4, 0.5) is 5.69 Å². The van der Waals surface area contributed by atoms with E-state index in [1.165, 1.54) is 0 Å². The maximum Gasteiger partial charge on any atom is 0.234 e. The van der Waals surface area contributed by atoms with Crippen molar-refractivity contribution in [3.63, 3.8) is 0 Å². The van der Waals surface area contributed by atoms with Gasteiger partial charge in [0.1, 0.15) is 5.75 Å². The first kappa shape index (κ1) is 16.3.